The summed E-state index contributed by atoms with van der Waals surface area (Å²) >= 11 is 0. The first-order chi connectivity index (χ1) is 10.8. The SMILES string of the molecule is CN=C(NCCc1c[nH]c2cc(C)ccc12)NC1CC=CC1.I. The fourth-order valence-electron chi connectivity index (χ4n) is 2.95. The molecule has 0 radical (unpaired) electrons. The van der Waals surface area contributed by atoms with Crippen molar-refractivity contribution in [1.82, 2.24) is 15.6 Å². The third-order valence-electron chi connectivity index (χ3n) is 4.18. The van der Waals surface area contributed by atoms with Crippen molar-refractivity contribution in [2.75, 3.05) is 13.6 Å². The van der Waals surface area contributed by atoms with E-state index in [1.165, 1.54) is 22.0 Å². The third-order valence-corrected chi connectivity index (χ3v) is 4.18. The molecule has 0 atom stereocenters. The Bertz CT molecular complexity index is 694. The standard InChI is InChI=1S/C18H24N4.HI/c1-13-7-8-16-14(12-21-17(16)11-13)9-10-20-18(19-2)22-15-5-3-4-6-15;/h3-4,7-8,11-12,15,21H,5-6,9-10H2,1-2H3,(H2,19,20,22);1H. The van der Waals surface area contributed by atoms with Gasteiger partial charge in [-0.15, -0.1) is 24.0 Å². The molecule has 0 saturated carbocycles. The molecule has 1 aromatic carbocycles. The molecule has 1 heterocycles. The number of nitrogens with one attached hydrogen (secondary N) is 3. The Morgan fingerprint density at radius 1 is 1.30 bits per heavy atom. The molecule has 1 aliphatic carbocycles. The summed E-state index contributed by atoms with van der Waals surface area (Å²) in [5.41, 5.74) is 3.85. The van der Waals surface area contributed by atoms with Gasteiger partial charge in [0.1, 0.15) is 0 Å². The van der Waals surface area contributed by atoms with Crippen molar-refractivity contribution < 1.29 is 0 Å². The minimum atomic E-state index is 0. The maximum atomic E-state index is 4.30. The second-order valence-corrected chi connectivity index (χ2v) is 5.90. The van der Waals surface area contributed by atoms with E-state index in [-0.39, 0.29) is 24.0 Å². The quantitative estimate of drug-likeness (QED) is 0.305. The lowest BCUT2D eigenvalue weighted by Gasteiger charge is -2.16. The van der Waals surface area contributed by atoms with Crippen LogP contribution in [0.15, 0.2) is 41.5 Å². The zero-order valence-electron chi connectivity index (χ0n) is 13.7. The zero-order valence-corrected chi connectivity index (χ0v) is 16.1. The van der Waals surface area contributed by atoms with Gasteiger partial charge in [0.15, 0.2) is 5.96 Å². The van der Waals surface area contributed by atoms with Gasteiger partial charge in [-0.1, -0.05) is 24.3 Å². The average molecular weight is 424 g/mol. The van der Waals surface area contributed by atoms with Crippen LogP contribution in [-0.4, -0.2) is 30.6 Å². The number of hydrogen-bond acceptors (Lipinski definition) is 1. The van der Waals surface area contributed by atoms with Crippen molar-refractivity contribution in [3.63, 3.8) is 0 Å². The van der Waals surface area contributed by atoms with E-state index in [2.05, 4.69) is 64.1 Å². The molecule has 1 aliphatic rings. The Morgan fingerprint density at radius 3 is 2.83 bits per heavy atom. The Labute approximate surface area is 154 Å². The van der Waals surface area contributed by atoms with Crippen LogP contribution in [0.25, 0.3) is 10.9 Å². The molecule has 3 rings (SSSR count). The molecule has 0 aliphatic heterocycles. The van der Waals surface area contributed by atoms with Crippen LogP contribution in [0.3, 0.4) is 0 Å². The summed E-state index contributed by atoms with van der Waals surface area (Å²) in [5.74, 6) is 0.893. The van der Waals surface area contributed by atoms with Gasteiger partial charge in [0.05, 0.1) is 0 Å². The Balaban J connectivity index is 0.00000192. The third kappa shape index (κ3) is 4.50. The number of aromatic nitrogens is 1. The first kappa shape index (κ1) is 17.8. The normalized spacial score (nSPS) is 15.0. The number of aromatic amines is 1. The van der Waals surface area contributed by atoms with Gasteiger partial charge in [-0.3, -0.25) is 4.99 Å². The van der Waals surface area contributed by atoms with E-state index in [4.69, 9.17) is 0 Å². The van der Waals surface area contributed by atoms with Crippen molar-refractivity contribution in [2.45, 2.75) is 32.2 Å². The van der Waals surface area contributed by atoms with Crippen molar-refractivity contribution in [2.24, 2.45) is 4.99 Å². The smallest absolute Gasteiger partial charge is 0.191 e. The number of rotatable bonds is 4. The number of hydrogen-bond donors (Lipinski definition) is 3. The number of nitrogens with zero attached hydrogens (tertiary/aromatic N) is 1. The van der Waals surface area contributed by atoms with Crippen molar-refractivity contribution in [1.29, 1.82) is 0 Å². The summed E-state index contributed by atoms with van der Waals surface area (Å²) in [6.45, 7) is 3.00. The molecule has 1 aromatic heterocycles. The van der Waals surface area contributed by atoms with E-state index in [0.717, 1.165) is 31.8 Å². The van der Waals surface area contributed by atoms with Crippen LogP contribution in [0.4, 0.5) is 0 Å². The van der Waals surface area contributed by atoms with Gasteiger partial charge < -0.3 is 15.6 Å². The molecule has 23 heavy (non-hydrogen) atoms. The summed E-state index contributed by atoms with van der Waals surface area (Å²) in [6.07, 6.45) is 9.71. The molecule has 0 spiro atoms. The topological polar surface area (TPSA) is 52.2 Å². The van der Waals surface area contributed by atoms with Crippen LogP contribution >= 0.6 is 24.0 Å². The zero-order chi connectivity index (χ0) is 15.4. The molecule has 0 fully saturated rings. The van der Waals surface area contributed by atoms with Gasteiger partial charge in [0, 0.05) is 36.7 Å². The summed E-state index contributed by atoms with van der Waals surface area (Å²) in [5, 5.41) is 8.18. The predicted molar refractivity (Wildman–Crippen MR) is 109 cm³/mol. The van der Waals surface area contributed by atoms with Gasteiger partial charge in [-0.05, 0) is 43.4 Å². The highest BCUT2D eigenvalue weighted by atomic mass is 127. The van der Waals surface area contributed by atoms with Crippen LogP contribution in [-0.2, 0) is 6.42 Å². The summed E-state index contributed by atoms with van der Waals surface area (Å²) < 4.78 is 0. The molecule has 0 unspecified atom stereocenters. The van der Waals surface area contributed by atoms with E-state index >= 15 is 0 Å². The van der Waals surface area contributed by atoms with E-state index in [0.29, 0.717) is 6.04 Å². The molecule has 0 bridgehead atoms. The predicted octanol–water partition coefficient (Wildman–Crippen LogP) is 3.52. The van der Waals surface area contributed by atoms with Gasteiger partial charge in [-0.25, -0.2) is 0 Å². The van der Waals surface area contributed by atoms with Crippen LogP contribution in [0.1, 0.15) is 24.0 Å². The van der Waals surface area contributed by atoms with E-state index in [1.54, 1.807) is 0 Å². The molecule has 5 heteroatoms. The Kier molecular flexibility index (Phi) is 6.50. The van der Waals surface area contributed by atoms with Crippen LogP contribution < -0.4 is 10.6 Å². The summed E-state index contributed by atoms with van der Waals surface area (Å²) in [4.78, 5) is 7.66. The Hall–Kier alpha value is -1.50. The first-order valence-electron chi connectivity index (χ1n) is 7.95. The van der Waals surface area contributed by atoms with Crippen molar-refractivity contribution >= 4 is 40.8 Å². The summed E-state index contributed by atoms with van der Waals surface area (Å²) in [6, 6.07) is 7.05. The number of H-pyrrole nitrogens is 1. The van der Waals surface area contributed by atoms with Crippen molar-refractivity contribution in [3.05, 3.63) is 47.7 Å². The highest BCUT2D eigenvalue weighted by Gasteiger charge is 2.11. The van der Waals surface area contributed by atoms with Gasteiger partial charge in [0.25, 0.3) is 0 Å². The van der Waals surface area contributed by atoms with E-state index in [1.807, 2.05) is 7.05 Å². The number of benzene rings is 1. The van der Waals surface area contributed by atoms with Crippen molar-refractivity contribution in [3.8, 4) is 0 Å². The van der Waals surface area contributed by atoms with Crippen LogP contribution in [0.5, 0.6) is 0 Å². The van der Waals surface area contributed by atoms with E-state index < -0.39 is 0 Å². The lowest BCUT2D eigenvalue weighted by molar-refractivity contribution is 0.633. The lowest BCUT2D eigenvalue weighted by atomic mass is 10.1. The fraction of sp³-hybridized carbons (Fsp3) is 0.389. The monoisotopic (exact) mass is 424 g/mol. The lowest BCUT2D eigenvalue weighted by Crippen LogP contribution is -2.43. The fourth-order valence-corrected chi connectivity index (χ4v) is 2.95. The number of aryl methyl sites for hydroxylation is 1. The number of halogens is 1. The molecule has 0 amide bonds. The molecule has 3 N–H and O–H groups in total. The number of aliphatic imine (C=N–C) groups is 1. The molecular formula is C18H25IN4. The number of fused-ring (bicyclic) bond motifs is 1. The Morgan fingerprint density at radius 2 is 2.09 bits per heavy atom. The minimum Gasteiger partial charge on any atom is -0.361 e. The minimum absolute atomic E-state index is 0. The molecule has 0 saturated heterocycles. The number of guanidine groups is 1. The largest absolute Gasteiger partial charge is 0.361 e. The van der Waals surface area contributed by atoms with Gasteiger partial charge >= 0.3 is 0 Å². The molecule has 4 nitrogen and oxygen atoms in total. The summed E-state index contributed by atoms with van der Waals surface area (Å²) in [7, 11) is 1.83. The molecule has 2 aromatic rings. The maximum Gasteiger partial charge on any atom is 0.191 e. The second-order valence-electron chi connectivity index (χ2n) is 5.90. The van der Waals surface area contributed by atoms with E-state index in [9.17, 15) is 0 Å². The maximum absolute atomic E-state index is 4.30. The molecular weight excluding hydrogens is 399 g/mol. The second kappa shape index (κ2) is 8.38. The van der Waals surface area contributed by atoms with Crippen LogP contribution in [0, 0.1) is 6.92 Å². The first-order valence-corrected chi connectivity index (χ1v) is 7.95. The highest BCUT2D eigenvalue weighted by Crippen LogP contribution is 2.19. The van der Waals surface area contributed by atoms with Gasteiger partial charge in [0.2, 0.25) is 0 Å². The molecule has 124 valence electrons. The highest BCUT2D eigenvalue weighted by molar-refractivity contribution is 14.0. The van der Waals surface area contributed by atoms with Crippen LogP contribution in [0.2, 0.25) is 0 Å². The van der Waals surface area contributed by atoms with Gasteiger partial charge in [-0.2, -0.15) is 0 Å². The average Bonchev–Trinajstić information content (AvgIpc) is 3.16.